The SMILES string of the molecule is CCN1CCC[C@H]1CNCc1ccccc1. The van der Waals surface area contributed by atoms with Gasteiger partial charge in [0.1, 0.15) is 0 Å². The molecule has 1 atom stereocenters. The minimum Gasteiger partial charge on any atom is -0.311 e. The van der Waals surface area contributed by atoms with E-state index in [0.717, 1.165) is 19.1 Å². The van der Waals surface area contributed by atoms with E-state index in [1.807, 2.05) is 0 Å². The molecule has 0 radical (unpaired) electrons. The molecule has 0 saturated carbocycles. The third-order valence-corrected chi connectivity index (χ3v) is 3.46. The molecule has 0 bridgehead atoms. The maximum Gasteiger partial charge on any atom is 0.0221 e. The van der Waals surface area contributed by atoms with E-state index in [-0.39, 0.29) is 0 Å². The summed E-state index contributed by atoms with van der Waals surface area (Å²) >= 11 is 0. The van der Waals surface area contributed by atoms with Gasteiger partial charge < -0.3 is 5.32 Å². The lowest BCUT2D eigenvalue weighted by Crippen LogP contribution is -2.37. The number of likely N-dealkylation sites (tertiary alicyclic amines) is 1. The third-order valence-electron chi connectivity index (χ3n) is 3.46. The number of hydrogen-bond acceptors (Lipinski definition) is 2. The quantitative estimate of drug-likeness (QED) is 0.815. The van der Waals surface area contributed by atoms with Crippen LogP contribution in [0.15, 0.2) is 30.3 Å². The molecule has 16 heavy (non-hydrogen) atoms. The third kappa shape index (κ3) is 3.06. The molecule has 1 fully saturated rings. The second-order valence-corrected chi connectivity index (χ2v) is 4.54. The summed E-state index contributed by atoms with van der Waals surface area (Å²) in [5.74, 6) is 0. The van der Waals surface area contributed by atoms with Crippen LogP contribution in [0.1, 0.15) is 25.3 Å². The summed E-state index contributed by atoms with van der Waals surface area (Å²) in [6, 6.07) is 11.4. The zero-order chi connectivity index (χ0) is 11.2. The second-order valence-electron chi connectivity index (χ2n) is 4.54. The Morgan fingerprint density at radius 1 is 1.31 bits per heavy atom. The zero-order valence-corrected chi connectivity index (χ0v) is 10.2. The topological polar surface area (TPSA) is 15.3 Å². The van der Waals surface area contributed by atoms with E-state index in [2.05, 4.69) is 47.5 Å². The minimum atomic E-state index is 0.758. The summed E-state index contributed by atoms with van der Waals surface area (Å²) in [6.07, 6.45) is 2.72. The number of nitrogens with zero attached hydrogens (tertiary/aromatic N) is 1. The molecular formula is C14H22N2. The fourth-order valence-corrected chi connectivity index (χ4v) is 2.52. The average Bonchev–Trinajstić information content (AvgIpc) is 2.78. The van der Waals surface area contributed by atoms with Gasteiger partial charge >= 0.3 is 0 Å². The van der Waals surface area contributed by atoms with Gasteiger partial charge in [-0.1, -0.05) is 37.3 Å². The molecule has 88 valence electrons. The van der Waals surface area contributed by atoms with Crippen molar-refractivity contribution in [1.29, 1.82) is 0 Å². The maximum atomic E-state index is 3.57. The number of likely N-dealkylation sites (N-methyl/N-ethyl adjacent to an activating group) is 1. The number of nitrogens with one attached hydrogen (secondary N) is 1. The van der Waals surface area contributed by atoms with Crippen LogP contribution in [-0.2, 0) is 6.54 Å². The molecule has 0 spiro atoms. The van der Waals surface area contributed by atoms with Gasteiger partial charge in [-0.05, 0) is 31.5 Å². The molecule has 1 aliphatic heterocycles. The minimum absolute atomic E-state index is 0.758. The molecule has 1 heterocycles. The second kappa shape index (κ2) is 6.02. The van der Waals surface area contributed by atoms with Gasteiger partial charge in [0, 0.05) is 19.1 Å². The Morgan fingerprint density at radius 3 is 2.88 bits per heavy atom. The van der Waals surface area contributed by atoms with Crippen molar-refractivity contribution in [2.24, 2.45) is 0 Å². The predicted octanol–water partition coefficient (Wildman–Crippen LogP) is 2.26. The highest BCUT2D eigenvalue weighted by molar-refractivity contribution is 5.14. The summed E-state index contributed by atoms with van der Waals surface area (Å²) in [4.78, 5) is 2.58. The van der Waals surface area contributed by atoms with E-state index in [1.165, 1.54) is 31.5 Å². The first-order chi connectivity index (χ1) is 7.90. The predicted molar refractivity (Wildman–Crippen MR) is 68.4 cm³/mol. The standard InChI is InChI=1S/C14H22N2/c1-2-16-10-6-9-14(16)12-15-11-13-7-4-3-5-8-13/h3-5,7-8,14-15H,2,6,9-12H2,1H3/t14-/m0/s1. The van der Waals surface area contributed by atoms with Gasteiger partial charge in [0.2, 0.25) is 0 Å². The van der Waals surface area contributed by atoms with E-state index >= 15 is 0 Å². The molecule has 2 rings (SSSR count). The first kappa shape index (κ1) is 11.6. The van der Waals surface area contributed by atoms with E-state index in [0.29, 0.717) is 0 Å². The van der Waals surface area contributed by atoms with E-state index in [9.17, 15) is 0 Å². The van der Waals surface area contributed by atoms with Crippen molar-refractivity contribution in [2.75, 3.05) is 19.6 Å². The van der Waals surface area contributed by atoms with Gasteiger partial charge in [-0.25, -0.2) is 0 Å². The average molecular weight is 218 g/mol. The highest BCUT2D eigenvalue weighted by Gasteiger charge is 2.21. The Kier molecular flexibility index (Phi) is 4.37. The first-order valence-corrected chi connectivity index (χ1v) is 6.39. The van der Waals surface area contributed by atoms with Crippen LogP contribution in [-0.4, -0.2) is 30.6 Å². The van der Waals surface area contributed by atoms with Crippen LogP contribution >= 0.6 is 0 Å². The molecule has 1 aliphatic rings. The van der Waals surface area contributed by atoms with Gasteiger partial charge in [0.25, 0.3) is 0 Å². The Labute approximate surface area is 98.7 Å². The summed E-state index contributed by atoms with van der Waals surface area (Å²) in [5.41, 5.74) is 1.38. The molecule has 0 aromatic heterocycles. The van der Waals surface area contributed by atoms with Crippen LogP contribution in [0.2, 0.25) is 0 Å². The van der Waals surface area contributed by atoms with Gasteiger partial charge in [-0.15, -0.1) is 0 Å². The summed E-state index contributed by atoms with van der Waals surface area (Å²) in [5, 5.41) is 3.57. The van der Waals surface area contributed by atoms with Crippen molar-refractivity contribution in [2.45, 2.75) is 32.4 Å². The van der Waals surface area contributed by atoms with Crippen LogP contribution in [0.5, 0.6) is 0 Å². The van der Waals surface area contributed by atoms with Crippen molar-refractivity contribution in [3.63, 3.8) is 0 Å². The Hall–Kier alpha value is -0.860. The molecule has 1 aromatic rings. The smallest absolute Gasteiger partial charge is 0.0221 e. The van der Waals surface area contributed by atoms with Crippen molar-refractivity contribution < 1.29 is 0 Å². The van der Waals surface area contributed by atoms with E-state index < -0.39 is 0 Å². The highest BCUT2D eigenvalue weighted by atomic mass is 15.2. The lowest BCUT2D eigenvalue weighted by Gasteiger charge is -2.22. The summed E-state index contributed by atoms with van der Waals surface area (Å²) in [7, 11) is 0. The highest BCUT2D eigenvalue weighted by Crippen LogP contribution is 2.15. The molecule has 1 saturated heterocycles. The van der Waals surface area contributed by atoms with Gasteiger partial charge in [0.05, 0.1) is 0 Å². The van der Waals surface area contributed by atoms with E-state index in [4.69, 9.17) is 0 Å². The fraction of sp³-hybridized carbons (Fsp3) is 0.571. The molecule has 0 unspecified atom stereocenters. The number of rotatable bonds is 5. The lowest BCUT2D eigenvalue weighted by atomic mass is 10.2. The molecular weight excluding hydrogens is 196 g/mol. The molecule has 1 aromatic carbocycles. The Morgan fingerprint density at radius 2 is 2.12 bits per heavy atom. The van der Waals surface area contributed by atoms with Crippen LogP contribution in [0, 0.1) is 0 Å². The maximum absolute atomic E-state index is 3.57. The van der Waals surface area contributed by atoms with E-state index in [1.54, 1.807) is 0 Å². The van der Waals surface area contributed by atoms with Crippen LogP contribution in [0.3, 0.4) is 0 Å². The number of benzene rings is 1. The molecule has 1 N–H and O–H groups in total. The summed E-state index contributed by atoms with van der Waals surface area (Å²) in [6.45, 7) is 6.86. The van der Waals surface area contributed by atoms with Crippen LogP contribution in [0.4, 0.5) is 0 Å². The monoisotopic (exact) mass is 218 g/mol. The van der Waals surface area contributed by atoms with Gasteiger partial charge in [0.15, 0.2) is 0 Å². The molecule has 0 aliphatic carbocycles. The first-order valence-electron chi connectivity index (χ1n) is 6.39. The van der Waals surface area contributed by atoms with Crippen molar-refractivity contribution in [1.82, 2.24) is 10.2 Å². The molecule has 0 amide bonds. The van der Waals surface area contributed by atoms with Crippen molar-refractivity contribution in [3.05, 3.63) is 35.9 Å². The van der Waals surface area contributed by atoms with Gasteiger partial charge in [-0.2, -0.15) is 0 Å². The van der Waals surface area contributed by atoms with Crippen molar-refractivity contribution in [3.8, 4) is 0 Å². The zero-order valence-electron chi connectivity index (χ0n) is 10.2. The largest absolute Gasteiger partial charge is 0.311 e. The fourth-order valence-electron chi connectivity index (χ4n) is 2.52. The lowest BCUT2D eigenvalue weighted by molar-refractivity contribution is 0.260. The van der Waals surface area contributed by atoms with Crippen LogP contribution < -0.4 is 5.32 Å². The number of hydrogen-bond donors (Lipinski definition) is 1. The molecule has 2 heteroatoms. The van der Waals surface area contributed by atoms with Crippen LogP contribution in [0.25, 0.3) is 0 Å². The Bertz CT molecular complexity index is 297. The molecule has 2 nitrogen and oxygen atoms in total. The normalized spacial score (nSPS) is 21.4. The van der Waals surface area contributed by atoms with Crippen molar-refractivity contribution >= 4 is 0 Å². The Balaban J connectivity index is 1.72. The summed E-state index contributed by atoms with van der Waals surface area (Å²) < 4.78 is 0. The van der Waals surface area contributed by atoms with Gasteiger partial charge in [-0.3, -0.25) is 4.90 Å².